The van der Waals surface area contributed by atoms with Crippen LogP contribution in [0, 0.1) is 19.8 Å². The first-order valence-corrected chi connectivity index (χ1v) is 8.57. The third-order valence-electron chi connectivity index (χ3n) is 4.44. The maximum absolute atomic E-state index is 12.7. The predicted octanol–water partition coefficient (Wildman–Crippen LogP) is 3.53. The maximum Gasteiger partial charge on any atom is 0.252 e. The standard InChI is InChI=1S/C18H28N4O/c1-6-8-9-14(7-2)11-19-18(23)15-10-12(3)20-17-16(15)13(4)21-22(17)5/h10,14H,6-9,11H2,1-5H3,(H,19,23)/t14-/m1/s1. The monoisotopic (exact) mass is 316 g/mol. The van der Waals surface area contributed by atoms with Crippen LogP contribution in [0.3, 0.4) is 0 Å². The van der Waals surface area contributed by atoms with Gasteiger partial charge in [-0.1, -0.05) is 33.1 Å². The second-order valence-electron chi connectivity index (χ2n) is 6.35. The minimum atomic E-state index is -0.0217. The van der Waals surface area contributed by atoms with Gasteiger partial charge in [0.15, 0.2) is 5.65 Å². The van der Waals surface area contributed by atoms with Gasteiger partial charge < -0.3 is 5.32 Å². The third kappa shape index (κ3) is 3.89. The molecule has 0 aliphatic carbocycles. The number of carbonyl (C=O) groups excluding carboxylic acids is 1. The summed E-state index contributed by atoms with van der Waals surface area (Å²) in [5, 5.41) is 8.37. The van der Waals surface area contributed by atoms with Gasteiger partial charge in [0.1, 0.15) is 0 Å². The fourth-order valence-corrected chi connectivity index (χ4v) is 3.02. The molecule has 0 saturated carbocycles. The number of aromatic nitrogens is 3. The molecule has 0 unspecified atom stereocenters. The van der Waals surface area contributed by atoms with Gasteiger partial charge in [0.2, 0.25) is 0 Å². The SMILES string of the molecule is CCCC[C@@H](CC)CNC(=O)c1cc(C)nc2c1c(C)nn2C. The second-order valence-corrected chi connectivity index (χ2v) is 6.35. The number of amides is 1. The fourth-order valence-electron chi connectivity index (χ4n) is 3.02. The van der Waals surface area contributed by atoms with Crippen molar-refractivity contribution in [1.82, 2.24) is 20.1 Å². The average Bonchev–Trinajstić information content (AvgIpc) is 2.81. The molecular formula is C18H28N4O. The van der Waals surface area contributed by atoms with E-state index in [1.54, 1.807) is 4.68 Å². The lowest BCUT2D eigenvalue weighted by molar-refractivity contribution is 0.0947. The molecule has 2 aromatic heterocycles. The van der Waals surface area contributed by atoms with Crippen molar-refractivity contribution in [2.45, 2.75) is 53.4 Å². The van der Waals surface area contributed by atoms with Crippen molar-refractivity contribution in [3.63, 3.8) is 0 Å². The van der Waals surface area contributed by atoms with E-state index in [0.29, 0.717) is 11.5 Å². The molecule has 0 bridgehead atoms. The molecule has 126 valence electrons. The van der Waals surface area contributed by atoms with Crippen LogP contribution in [0.25, 0.3) is 11.0 Å². The van der Waals surface area contributed by atoms with Crippen LogP contribution < -0.4 is 5.32 Å². The highest BCUT2D eigenvalue weighted by molar-refractivity contribution is 6.06. The summed E-state index contributed by atoms with van der Waals surface area (Å²) in [6.07, 6.45) is 4.68. The maximum atomic E-state index is 12.7. The molecule has 0 fully saturated rings. The summed E-state index contributed by atoms with van der Waals surface area (Å²) in [6.45, 7) is 8.96. The molecule has 0 aliphatic heterocycles. The Bertz CT molecular complexity index is 690. The molecule has 23 heavy (non-hydrogen) atoms. The van der Waals surface area contributed by atoms with E-state index in [1.165, 1.54) is 19.3 Å². The van der Waals surface area contributed by atoms with E-state index < -0.39 is 0 Å². The fraction of sp³-hybridized carbons (Fsp3) is 0.611. The zero-order valence-electron chi connectivity index (χ0n) is 14.9. The molecule has 0 saturated heterocycles. The number of rotatable bonds is 7. The number of fused-ring (bicyclic) bond motifs is 1. The summed E-state index contributed by atoms with van der Waals surface area (Å²) in [5.74, 6) is 0.527. The highest BCUT2D eigenvalue weighted by Gasteiger charge is 2.18. The van der Waals surface area contributed by atoms with Gasteiger partial charge in [-0.3, -0.25) is 9.48 Å². The normalized spacial score (nSPS) is 12.6. The number of nitrogens with one attached hydrogen (secondary N) is 1. The van der Waals surface area contributed by atoms with Gasteiger partial charge in [-0.2, -0.15) is 5.10 Å². The Morgan fingerprint density at radius 3 is 2.74 bits per heavy atom. The van der Waals surface area contributed by atoms with E-state index in [4.69, 9.17) is 0 Å². The molecule has 0 aliphatic rings. The van der Waals surface area contributed by atoms with Gasteiger partial charge in [0.25, 0.3) is 5.91 Å². The zero-order chi connectivity index (χ0) is 17.0. The molecule has 2 aromatic rings. The Morgan fingerprint density at radius 2 is 2.09 bits per heavy atom. The topological polar surface area (TPSA) is 59.8 Å². The lowest BCUT2D eigenvalue weighted by Crippen LogP contribution is -2.29. The smallest absolute Gasteiger partial charge is 0.252 e. The summed E-state index contributed by atoms with van der Waals surface area (Å²) < 4.78 is 1.74. The molecule has 0 spiro atoms. The number of hydrogen-bond acceptors (Lipinski definition) is 3. The molecule has 2 heterocycles. The van der Waals surface area contributed by atoms with Crippen molar-refractivity contribution >= 4 is 16.9 Å². The van der Waals surface area contributed by atoms with Crippen LogP contribution in [-0.2, 0) is 7.05 Å². The van der Waals surface area contributed by atoms with Crippen molar-refractivity contribution < 1.29 is 4.79 Å². The number of hydrogen-bond donors (Lipinski definition) is 1. The summed E-state index contributed by atoms with van der Waals surface area (Å²) in [5.41, 5.74) is 3.14. The van der Waals surface area contributed by atoms with Crippen molar-refractivity contribution in [3.8, 4) is 0 Å². The molecule has 5 heteroatoms. The molecule has 5 nitrogen and oxygen atoms in total. The van der Waals surface area contributed by atoms with Crippen LogP contribution in [-0.4, -0.2) is 27.2 Å². The third-order valence-corrected chi connectivity index (χ3v) is 4.44. The van der Waals surface area contributed by atoms with E-state index in [2.05, 4.69) is 29.2 Å². The van der Waals surface area contributed by atoms with E-state index >= 15 is 0 Å². The van der Waals surface area contributed by atoms with Crippen LogP contribution in [0.4, 0.5) is 0 Å². The quantitative estimate of drug-likeness (QED) is 0.850. The number of carbonyl (C=O) groups is 1. The second kappa shape index (κ2) is 7.57. The highest BCUT2D eigenvalue weighted by atomic mass is 16.1. The van der Waals surface area contributed by atoms with Gasteiger partial charge in [0.05, 0.1) is 16.6 Å². The van der Waals surface area contributed by atoms with Gasteiger partial charge in [-0.05, 0) is 32.3 Å². The molecule has 1 atom stereocenters. The van der Waals surface area contributed by atoms with Crippen molar-refractivity contribution in [1.29, 1.82) is 0 Å². The van der Waals surface area contributed by atoms with Gasteiger partial charge >= 0.3 is 0 Å². The lowest BCUT2D eigenvalue weighted by Gasteiger charge is -2.15. The van der Waals surface area contributed by atoms with Crippen molar-refractivity contribution in [2.75, 3.05) is 6.54 Å². The number of aryl methyl sites for hydroxylation is 3. The minimum Gasteiger partial charge on any atom is -0.352 e. The molecule has 2 rings (SSSR count). The Balaban J connectivity index is 2.21. The Hall–Kier alpha value is -1.91. The highest BCUT2D eigenvalue weighted by Crippen LogP contribution is 2.21. The Labute approximate surface area is 138 Å². The van der Waals surface area contributed by atoms with E-state index in [-0.39, 0.29) is 5.91 Å². The summed E-state index contributed by atoms with van der Waals surface area (Å²) in [4.78, 5) is 17.2. The van der Waals surface area contributed by atoms with Crippen LogP contribution >= 0.6 is 0 Å². The van der Waals surface area contributed by atoms with Gasteiger partial charge in [0, 0.05) is 19.3 Å². The number of nitrogens with zero attached hydrogens (tertiary/aromatic N) is 3. The Morgan fingerprint density at radius 1 is 1.35 bits per heavy atom. The average molecular weight is 316 g/mol. The molecule has 0 aromatic carbocycles. The number of unbranched alkanes of at least 4 members (excludes halogenated alkanes) is 1. The first-order valence-electron chi connectivity index (χ1n) is 8.57. The van der Waals surface area contributed by atoms with Crippen LogP contribution in [0.1, 0.15) is 61.3 Å². The minimum absolute atomic E-state index is 0.0217. The van der Waals surface area contributed by atoms with Crippen molar-refractivity contribution in [2.24, 2.45) is 13.0 Å². The Kier molecular flexibility index (Phi) is 5.74. The van der Waals surface area contributed by atoms with Crippen LogP contribution in [0.2, 0.25) is 0 Å². The van der Waals surface area contributed by atoms with Gasteiger partial charge in [-0.15, -0.1) is 0 Å². The van der Waals surface area contributed by atoms with Crippen LogP contribution in [0.5, 0.6) is 0 Å². The molecule has 1 amide bonds. The summed E-state index contributed by atoms with van der Waals surface area (Å²) in [6, 6.07) is 1.86. The molecule has 1 N–H and O–H groups in total. The molecular weight excluding hydrogens is 288 g/mol. The lowest BCUT2D eigenvalue weighted by atomic mass is 9.99. The predicted molar refractivity (Wildman–Crippen MR) is 93.6 cm³/mol. The number of pyridine rings is 1. The zero-order valence-corrected chi connectivity index (χ0v) is 14.9. The van der Waals surface area contributed by atoms with E-state index in [0.717, 1.165) is 35.4 Å². The summed E-state index contributed by atoms with van der Waals surface area (Å²) in [7, 11) is 1.86. The first kappa shape index (κ1) is 17.4. The van der Waals surface area contributed by atoms with E-state index in [9.17, 15) is 4.79 Å². The van der Waals surface area contributed by atoms with Crippen molar-refractivity contribution in [3.05, 3.63) is 23.0 Å². The molecule has 0 radical (unpaired) electrons. The first-order chi connectivity index (χ1) is 11.0. The van der Waals surface area contributed by atoms with Gasteiger partial charge in [-0.25, -0.2) is 4.98 Å². The van der Waals surface area contributed by atoms with E-state index in [1.807, 2.05) is 27.0 Å². The largest absolute Gasteiger partial charge is 0.352 e. The van der Waals surface area contributed by atoms with Crippen LogP contribution in [0.15, 0.2) is 6.07 Å². The summed E-state index contributed by atoms with van der Waals surface area (Å²) >= 11 is 0.